The second kappa shape index (κ2) is 10.7. The van der Waals surface area contributed by atoms with Crippen molar-refractivity contribution in [2.24, 2.45) is 0 Å². The summed E-state index contributed by atoms with van der Waals surface area (Å²) in [4.78, 5) is 40.4. The van der Waals surface area contributed by atoms with Crippen LogP contribution in [0.1, 0.15) is 29.6 Å². The molecule has 11 heteroatoms. The number of esters is 1. The molecule has 0 bridgehead atoms. The van der Waals surface area contributed by atoms with E-state index in [1.165, 1.54) is 6.07 Å². The lowest BCUT2D eigenvalue weighted by Gasteiger charge is -2.13. The maximum absolute atomic E-state index is 12.6. The quantitative estimate of drug-likeness (QED) is 0.0688. The molecular formula is C27H25N5O6. The van der Waals surface area contributed by atoms with Crippen LogP contribution in [0, 0.1) is 20.2 Å². The molecule has 194 valence electrons. The number of rotatable bonds is 11. The first-order valence-electron chi connectivity index (χ1n) is 12.3. The predicted octanol–water partition coefficient (Wildman–Crippen LogP) is 5.46. The number of pyridine rings is 1. The highest BCUT2D eigenvalue weighted by atomic mass is 16.6. The zero-order valence-electron chi connectivity index (χ0n) is 20.5. The summed E-state index contributed by atoms with van der Waals surface area (Å²) < 4.78 is 5.29. The molecule has 0 amide bonds. The molecule has 1 aromatic heterocycles. The van der Waals surface area contributed by atoms with Gasteiger partial charge in [-0.2, -0.15) is 0 Å². The Hall–Kier alpha value is -4.80. The Balaban J connectivity index is 1.17. The fraction of sp³-hybridized carbons (Fsp3) is 0.259. The Morgan fingerprint density at radius 2 is 1.53 bits per heavy atom. The van der Waals surface area contributed by atoms with Gasteiger partial charge in [0.15, 0.2) is 0 Å². The SMILES string of the molecule is O=C(OCCCCCNc1c2ccccc2nc2ccccc12)c1cc(N2CC2)c([N+](=O)[O-])cc1[N+](=O)[O-]. The van der Waals surface area contributed by atoms with Crippen LogP contribution in [0.4, 0.5) is 22.7 Å². The minimum Gasteiger partial charge on any atom is -0.462 e. The molecule has 0 radical (unpaired) electrons. The molecule has 0 aliphatic carbocycles. The number of anilines is 2. The topological polar surface area (TPSA) is 141 Å². The minimum atomic E-state index is -0.859. The van der Waals surface area contributed by atoms with E-state index in [1.807, 2.05) is 48.5 Å². The molecule has 3 aromatic carbocycles. The van der Waals surface area contributed by atoms with Crippen molar-refractivity contribution in [3.05, 3.63) is 86.5 Å². The van der Waals surface area contributed by atoms with Crippen molar-refractivity contribution in [3.63, 3.8) is 0 Å². The van der Waals surface area contributed by atoms with Gasteiger partial charge in [0.05, 0.1) is 39.2 Å². The maximum Gasteiger partial charge on any atom is 0.345 e. The number of nitro groups is 2. The number of carbonyl (C=O) groups excluding carboxylic acids is 1. The van der Waals surface area contributed by atoms with Gasteiger partial charge in [-0.15, -0.1) is 0 Å². The predicted molar refractivity (Wildman–Crippen MR) is 144 cm³/mol. The zero-order valence-corrected chi connectivity index (χ0v) is 20.5. The Bertz CT molecular complexity index is 1500. The number of benzene rings is 3. The molecule has 1 N–H and O–H groups in total. The summed E-state index contributed by atoms with van der Waals surface area (Å²) in [6.07, 6.45) is 2.16. The fourth-order valence-electron chi connectivity index (χ4n) is 4.46. The number of ether oxygens (including phenoxy) is 1. The first-order chi connectivity index (χ1) is 18.4. The molecule has 0 atom stereocenters. The van der Waals surface area contributed by atoms with Gasteiger partial charge in [-0.25, -0.2) is 9.78 Å². The number of fused-ring (bicyclic) bond motifs is 2. The number of hydrogen-bond donors (Lipinski definition) is 1. The van der Waals surface area contributed by atoms with Gasteiger partial charge < -0.3 is 15.0 Å². The van der Waals surface area contributed by atoms with Crippen LogP contribution < -0.4 is 10.2 Å². The number of nitrogens with zero attached hydrogens (tertiary/aromatic N) is 4. The Morgan fingerprint density at radius 3 is 2.13 bits per heavy atom. The lowest BCUT2D eigenvalue weighted by atomic mass is 10.1. The van der Waals surface area contributed by atoms with Crippen molar-refractivity contribution in [2.75, 3.05) is 36.5 Å². The van der Waals surface area contributed by atoms with Crippen LogP contribution in [0.2, 0.25) is 0 Å². The van der Waals surface area contributed by atoms with E-state index >= 15 is 0 Å². The van der Waals surface area contributed by atoms with Gasteiger partial charge in [-0.1, -0.05) is 36.4 Å². The Kier molecular flexibility index (Phi) is 6.98. The molecule has 1 aliphatic heterocycles. The highest BCUT2D eigenvalue weighted by molar-refractivity contribution is 6.07. The molecule has 1 saturated heterocycles. The molecule has 1 aliphatic rings. The summed E-state index contributed by atoms with van der Waals surface area (Å²) in [5.74, 6) is -0.859. The van der Waals surface area contributed by atoms with Crippen LogP contribution in [-0.4, -0.2) is 47.0 Å². The molecule has 4 aromatic rings. The summed E-state index contributed by atoms with van der Waals surface area (Å²) in [6, 6.07) is 18.0. The van der Waals surface area contributed by atoms with Crippen LogP contribution in [0.25, 0.3) is 21.8 Å². The first kappa shape index (κ1) is 24.9. The number of nitrogens with one attached hydrogen (secondary N) is 1. The van der Waals surface area contributed by atoms with Crippen molar-refractivity contribution < 1.29 is 19.4 Å². The molecule has 38 heavy (non-hydrogen) atoms. The third kappa shape index (κ3) is 5.17. The molecule has 0 saturated carbocycles. The van der Waals surface area contributed by atoms with Crippen molar-refractivity contribution in [3.8, 4) is 0 Å². The van der Waals surface area contributed by atoms with Gasteiger partial charge in [-0.05, 0) is 37.5 Å². The number of hydrogen-bond acceptors (Lipinski definition) is 9. The number of unbranched alkanes of at least 4 members (excludes halogenated alkanes) is 2. The van der Waals surface area contributed by atoms with Crippen LogP contribution >= 0.6 is 0 Å². The van der Waals surface area contributed by atoms with Crippen LogP contribution in [0.5, 0.6) is 0 Å². The van der Waals surface area contributed by atoms with E-state index < -0.39 is 27.2 Å². The van der Waals surface area contributed by atoms with Crippen molar-refractivity contribution in [2.45, 2.75) is 19.3 Å². The monoisotopic (exact) mass is 515 g/mol. The normalized spacial score (nSPS) is 12.5. The largest absolute Gasteiger partial charge is 0.462 e. The summed E-state index contributed by atoms with van der Waals surface area (Å²) in [5, 5.41) is 28.5. The summed E-state index contributed by atoms with van der Waals surface area (Å²) >= 11 is 0. The Morgan fingerprint density at radius 1 is 0.895 bits per heavy atom. The third-order valence-corrected chi connectivity index (χ3v) is 6.44. The molecule has 5 rings (SSSR count). The number of aromatic nitrogens is 1. The van der Waals surface area contributed by atoms with E-state index in [0.29, 0.717) is 26.1 Å². The van der Waals surface area contributed by atoms with Gasteiger partial charge in [0.2, 0.25) is 0 Å². The number of para-hydroxylation sites is 2. The van der Waals surface area contributed by atoms with Gasteiger partial charge >= 0.3 is 5.97 Å². The third-order valence-electron chi connectivity index (χ3n) is 6.44. The summed E-state index contributed by atoms with van der Waals surface area (Å²) in [5.41, 5.74) is 1.76. The van der Waals surface area contributed by atoms with Crippen LogP contribution in [0.3, 0.4) is 0 Å². The van der Waals surface area contributed by atoms with E-state index in [9.17, 15) is 25.0 Å². The maximum atomic E-state index is 12.6. The highest BCUT2D eigenvalue weighted by Gasteiger charge is 2.34. The lowest BCUT2D eigenvalue weighted by molar-refractivity contribution is -0.393. The minimum absolute atomic E-state index is 0.0904. The second-order valence-corrected chi connectivity index (χ2v) is 9.00. The molecule has 11 nitrogen and oxygen atoms in total. The van der Waals surface area contributed by atoms with Gasteiger partial charge in [0.1, 0.15) is 11.3 Å². The van der Waals surface area contributed by atoms with Crippen LogP contribution in [0.15, 0.2) is 60.7 Å². The standard InChI is InChI=1S/C27H25N5O6/c33-27(20-16-24(30-13-14-30)25(32(36)37)17-23(20)31(34)35)38-15-7-1-6-12-28-26-18-8-2-4-10-21(18)29-22-11-5-3-9-19(22)26/h2-5,8-11,16-17H,1,6-7,12-15H2,(H,28,29). The first-order valence-corrected chi connectivity index (χ1v) is 12.3. The summed E-state index contributed by atoms with van der Waals surface area (Å²) in [6.45, 7) is 1.98. The fourth-order valence-corrected chi connectivity index (χ4v) is 4.46. The number of nitro benzene ring substituents is 2. The average molecular weight is 516 g/mol. The number of carbonyl (C=O) groups is 1. The van der Waals surface area contributed by atoms with Crippen molar-refractivity contribution >= 4 is 50.5 Å². The van der Waals surface area contributed by atoms with E-state index in [1.54, 1.807) is 4.90 Å². The smallest absolute Gasteiger partial charge is 0.345 e. The van der Waals surface area contributed by atoms with Gasteiger partial charge in [0, 0.05) is 30.4 Å². The van der Waals surface area contributed by atoms with Gasteiger partial charge in [-0.3, -0.25) is 20.2 Å². The molecule has 0 spiro atoms. The average Bonchev–Trinajstić information content (AvgIpc) is 3.76. The summed E-state index contributed by atoms with van der Waals surface area (Å²) in [7, 11) is 0. The van der Waals surface area contributed by atoms with E-state index in [4.69, 9.17) is 9.72 Å². The van der Waals surface area contributed by atoms with Crippen molar-refractivity contribution in [1.29, 1.82) is 0 Å². The molecule has 1 fully saturated rings. The Labute approximate surface area is 217 Å². The zero-order chi connectivity index (χ0) is 26.6. The lowest BCUT2D eigenvalue weighted by Crippen LogP contribution is -2.11. The molecular weight excluding hydrogens is 490 g/mol. The van der Waals surface area contributed by atoms with Gasteiger partial charge in [0.25, 0.3) is 11.4 Å². The molecule has 0 unspecified atom stereocenters. The van der Waals surface area contributed by atoms with Crippen molar-refractivity contribution in [1.82, 2.24) is 4.98 Å². The van der Waals surface area contributed by atoms with E-state index in [-0.39, 0.29) is 17.9 Å². The van der Waals surface area contributed by atoms with E-state index in [2.05, 4.69) is 5.32 Å². The van der Waals surface area contributed by atoms with E-state index in [0.717, 1.165) is 46.4 Å². The molecule has 2 heterocycles. The van der Waals surface area contributed by atoms with Crippen LogP contribution in [-0.2, 0) is 4.74 Å². The highest BCUT2D eigenvalue weighted by Crippen LogP contribution is 2.38. The second-order valence-electron chi connectivity index (χ2n) is 9.00.